The van der Waals surface area contributed by atoms with E-state index in [0.29, 0.717) is 12.8 Å². The Kier molecular flexibility index (Phi) is 48.0. The number of hydrogen-bond donors (Lipinski definition) is 25. The molecule has 0 aromatic rings. The average molecular weight is 1810 g/mol. The van der Waals surface area contributed by atoms with Gasteiger partial charge in [0.05, 0.1) is 82.7 Å². The standard InChI is InChI=1S/C82H144N4O39/c1-6-8-10-12-14-16-18-20-22-24-26-28-30-32-47(96)46(86-56(100)33-31-29-27-25-23-21-19-17-15-13-11-9-7-2)42-114-76-66(107)65(106)69(55(41-92)118-76)119-77-67(108)73(62(103)52(38-89)116-77)121-75-59(85-45(5)95)70(61(102)51(37-88)115-75)120-78-68(109)74(63(104)53(39-90)117-78)125-82(80(112)113)35-49(98)58(84-44(4)94)72(124-82)64(105)54(40-91)122-81(79(110)111)34-48(97)57(83-43(3)93)71(123-81)60(101)50(99)36-87/h30,32,46-55,57-78,87-92,96-99,101-109H,6-29,31,33-42H2,1-5H3,(H,83,93)(H,84,94)(H,85,95)(H,86,100)(H,110,111)(H,112,113)/b32-30+/t46-,47+,48?,49?,50+,51?,52?,53?,54+,55?,57+,58+,59?,60+,61+,62-,63-,64+,65+,66?,67?,68?,69+,70+,71?,72?,73-,74-,75-,76+,77-,78-,81+,82-/m0/s1. The number of carboxylic acid groups (broad SMARTS) is 2. The van der Waals surface area contributed by atoms with Crippen molar-refractivity contribution in [3.63, 3.8) is 0 Å². The smallest absolute Gasteiger partial charge is 0.364 e. The fraction of sp³-hybridized carbons (Fsp3) is 0.902. The minimum atomic E-state index is -3.53. The van der Waals surface area contributed by atoms with E-state index in [1.165, 1.54) is 89.9 Å². The van der Waals surface area contributed by atoms with E-state index < -0.39 is 296 Å². The maximum Gasteiger partial charge on any atom is 0.364 e. The van der Waals surface area contributed by atoms with Crippen molar-refractivity contribution in [1.29, 1.82) is 0 Å². The van der Waals surface area contributed by atoms with Crippen molar-refractivity contribution >= 4 is 35.6 Å². The number of aliphatic hydroxyl groups is 19. The van der Waals surface area contributed by atoms with Gasteiger partial charge in [0.2, 0.25) is 23.6 Å². The lowest BCUT2D eigenvalue weighted by molar-refractivity contribution is -0.390. The first-order valence-corrected chi connectivity index (χ1v) is 44.2. The van der Waals surface area contributed by atoms with E-state index in [-0.39, 0.29) is 12.3 Å². The van der Waals surface area contributed by atoms with Gasteiger partial charge in [0, 0.05) is 40.0 Å². The number of carbonyl (C=O) groups excluding carboxylic acids is 4. The number of carbonyl (C=O) groups is 6. The quantitative estimate of drug-likeness (QED) is 0.0201. The molecule has 0 aromatic carbocycles. The second-order valence-corrected chi connectivity index (χ2v) is 33.5. The number of ether oxygens (including phenoxy) is 12. The summed E-state index contributed by atoms with van der Waals surface area (Å²) in [4.78, 5) is 78.8. The van der Waals surface area contributed by atoms with Crippen LogP contribution in [0.5, 0.6) is 0 Å². The van der Waals surface area contributed by atoms with Crippen LogP contribution < -0.4 is 21.3 Å². The van der Waals surface area contributed by atoms with E-state index in [1.54, 1.807) is 6.08 Å². The first-order chi connectivity index (χ1) is 59.6. The molecule has 726 valence electrons. The first kappa shape index (κ1) is 109. The van der Waals surface area contributed by atoms with Gasteiger partial charge in [-0.25, -0.2) is 9.59 Å². The Balaban J connectivity index is 1.19. The second kappa shape index (κ2) is 55.0. The van der Waals surface area contributed by atoms with Crippen LogP contribution in [0.15, 0.2) is 12.2 Å². The maximum atomic E-state index is 13.8. The van der Waals surface area contributed by atoms with E-state index in [2.05, 4.69) is 35.1 Å². The summed E-state index contributed by atoms with van der Waals surface area (Å²) < 4.78 is 70.8. The van der Waals surface area contributed by atoms with Crippen LogP contribution in [-0.2, 0) is 85.6 Å². The van der Waals surface area contributed by atoms with E-state index >= 15 is 0 Å². The molecule has 43 heteroatoms. The van der Waals surface area contributed by atoms with Crippen molar-refractivity contribution < 1.29 is 193 Å². The monoisotopic (exact) mass is 1810 g/mol. The zero-order chi connectivity index (χ0) is 92.4. The molecule has 0 aliphatic carbocycles. The highest BCUT2D eigenvalue weighted by atomic mass is 16.8. The van der Waals surface area contributed by atoms with Crippen LogP contribution in [0.25, 0.3) is 0 Å². The lowest BCUT2D eigenvalue weighted by Gasteiger charge is -2.52. The van der Waals surface area contributed by atoms with Crippen molar-refractivity contribution in [3.05, 3.63) is 12.2 Å². The zero-order valence-electron chi connectivity index (χ0n) is 72.1. The lowest BCUT2D eigenvalue weighted by atomic mass is 9.87. The van der Waals surface area contributed by atoms with Crippen LogP contribution >= 0.6 is 0 Å². The summed E-state index contributed by atoms with van der Waals surface area (Å²) >= 11 is 0. The number of rotatable bonds is 57. The third-order valence-electron chi connectivity index (χ3n) is 23.6. The molecule has 6 rings (SSSR count). The summed E-state index contributed by atoms with van der Waals surface area (Å²) in [5, 5.41) is 246. The van der Waals surface area contributed by atoms with Gasteiger partial charge in [-0.05, 0) is 19.3 Å². The maximum absolute atomic E-state index is 13.8. The Bertz CT molecular complexity index is 3160. The molecule has 34 atom stereocenters. The average Bonchev–Trinajstić information content (AvgIpc) is 0.747. The summed E-state index contributed by atoms with van der Waals surface area (Å²) in [5.41, 5.74) is 0. The van der Waals surface area contributed by atoms with Gasteiger partial charge in [0.15, 0.2) is 25.2 Å². The van der Waals surface area contributed by atoms with Gasteiger partial charge < -0.3 is 185 Å². The van der Waals surface area contributed by atoms with E-state index in [1.807, 2.05) is 6.08 Å². The number of aliphatic hydroxyl groups excluding tert-OH is 19. The molecule has 125 heavy (non-hydrogen) atoms. The van der Waals surface area contributed by atoms with Gasteiger partial charge in [-0.15, -0.1) is 0 Å². The molecule has 4 amide bonds. The molecule has 25 N–H and O–H groups in total. The SMILES string of the molecule is CCCCCCCCCCCCC/C=C/[C@@H](O)[C@H](CO[C@@H]1OC(CO)[C@@H](O[C@@H]2OC(CO)[C@H](O)[C@H](O[C@@H]3OC(CO)[C@@H](O)[C@H](O[C@@H]4OC(CO)[C@H](O)[C@H](O[C@]5(C(=O)O)CC(O)[C@@H](NC(C)=O)C([C@H](O)[C@@H](CO)O[C@]6(C(=O)O)CC(O)[C@@H](NC(C)=O)C([C@H](O)[C@H](O)CO)O6)O5)C4O)C3NC(C)=O)C2O)[C@H](O)C1O)NC(=O)CCCCCCCCCCCCCCC. The third-order valence-corrected chi connectivity index (χ3v) is 23.6. The number of aliphatic carboxylic acids is 2. The van der Waals surface area contributed by atoms with Crippen LogP contribution in [0.4, 0.5) is 0 Å². The van der Waals surface area contributed by atoms with Gasteiger partial charge in [-0.3, -0.25) is 19.2 Å². The van der Waals surface area contributed by atoms with Crippen LogP contribution in [-0.4, -0.2) is 396 Å². The summed E-state index contributed by atoms with van der Waals surface area (Å²) in [6, 6.07) is -6.91. The highest BCUT2D eigenvalue weighted by molar-refractivity contribution is 5.78. The van der Waals surface area contributed by atoms with Crippen molar-refractivity contribution in [3.8, 4) is 0 Å². The van der Waals surface area contributed by atoms with Crippen LogP contribution in [0.1, 0.15) is 214 Å². The molecule has 12 unspecified atom stereocenters. The van der Waals surface area contributed by atoms with Gasteiger partial charge in [0.1, 0.15) is 134 Å². The normalized spacial score (nSPS) is 35.5. The second-order valence-electron chi connectivity index (χ2n) is 33.5. The van der Waals surface area contributed by atoms with Gasteiger partial charge in [-0.2, -0.15) is 0 Å². The molecular formula is C82H144N4O39. The number of hydrogen-bond acceptors (Lipinski definition) is 37. The molecular weight excluding hydrogens is 1660 g/mol. The van der Waals surface area contributed by atoms with Crippen molar-refractivity contribution in [2.45, 2.75) is 422 Å². The van der Waals surface area contributed by atoms with Crippen molar-refractivity contribution in [2.75, 3.05) is 46.2 Å². The topological polar surface area (TPSA) is 686 Å². The Hall–Kier alpha value is -4.68. The van der Waals surface area contributed by atoms with Gasteiger partial charge in [0.25, 0.3) is 11.6 Å². The third kappa shape index (κ3) is 31.5. The molecule has 43 nitrogen and oxygen atoms in total. The highest BCUT2D eigenvalue weighted by Gasteiger charge is 2.64. The summed E-state index contributed by atoms with van der Waals surface area (Å²) in [6.45, 7) is -0.611. The number of allylic oxidation sites excluding steroid dienone is 1. The molecule has 6 aliphatic heterocycles. The minimum Gasteiger partial charge on any atom is -0.477 e. The molecule has 6 aliphatic rings. The van der Waals surface area contributed by atoms with Crippen molar-refractivity contribution in [1.82, 2.24) is 21.3 Å². The molecule has 6 fully saturated rings. The predicted octanol–water partition coefficient (Wildman–Crippen LogP) is -4.65. The Morgan fingerprint density at radius 2 is 0.832 bits per heavy atom. The van der Waals surface area contributed by atoms with Crippen LogP contribution in [0, 0.1) is 0 Å². The largest absolute Gasteiger partial charge is 0.477 e. The molecule has 0 saturated carbocycles. The van der Waals surface area contributed by atoms with E-state index in [0.717, 1.165) is 78.6 Å². The summed E-state index contributed by atoms with van der Waals surface area (Å²) in [7, 11) is 0. The summed E-state index contributed by atoms with van der Waals surface area (Å²) in [6.07, 6.45) is -32.3. The summed E-state index contributed by atoms with van der Waals surface area (Å²) in [5.74, 6) is -14.6. The number of amides is 4. The zero-order valence-corrected chi connectivity index (χ0v) is 72.1. The Morgan fingerprint density at radius 1 is 0.432 bits per heavy atom. The number of carboxylic acids is 2. The molecule has 6 heterocycles. The molecule has 0 radical (unpaired) electrons. The molecule has 0 bridgehead atoms. The molecule has 0 aromatic heterocycles. The molecule has 0 spiro atoms. The number of unbranched alkanes of at least 4 members (excludes halogenated alkanes) is 23. The van der Waals surface area contributed by atoms with Gasteiger partial charge >= 0.3 is 11.9 Å². The van der Waals surface area contributed by atoms with Crippen molar-refractivity contribution in [2.24, 2.45) is 0 Å². The lowest BCUT2D eigenvalue weighted by Crippen LogP contribution is -2.72. The fourth-order valence-electron chi connectivity index (χ4n) is 16.6. The Morgan fingerprint density at radius 3 is 1.30 bits per heavy atom. The fourth-order valence-corrected chi connectivity index (χ4v) is 16.6. The van der Waals surface area contributed by atoms with Crippen LogP contribution in [0.3, 0.4) is 0 Å². The van der Waals surface area contributed by atoms with E-state index in [9.17, 15) is 136 Å². The molecule has 6 saturated heterocycles. The van der Waals surface area contributed by atoms with Gasteiger partial charge in [-0.1, -0.05) is 167 Å². The van der Waals surface area contributed by atoms with E-state index in [4.69, 9.17) is 56.8 Å². The van der Waals surface area contributed by atoms with Crippen LogP contribution in [0.2, 0.25) is 0 Å². The highest BCUT2D eigenvalue weighted by Crippen LogP contribution is 2.42. The first-order valence-electron chi connectivity index (χ1n) is 44.2. The Labute approximate surface area is 727 Å². The minimum absolute atomic E-state index is 0.139. The predicted molar refractivity (Wildman–Crippen MR) is 431 cm³/mol. The number of nitrogens with one attached hydrogen (secondary N) is 4.